The van der Waals surface area contributed by atoms with Crippen LogP contribution in [-0.4, -0.2) is 10.9 Å². The van der Waals surface area contributed by atoms with Gasteiger partial charge in [-0.1, -0.05) is 29.3 Å². The number of aryl methyl sites for hydroxylation is 2. The molecule has 0 spiro atoms. The lowest BCUT2D eigenvalue weighted by atomic mass is 10.1. The first-order chi connectivity index (χ1) is 12.8. The summed E-state index contributed by atoms with van der Waals surface area (Å²) in [6.45, 7) is 5.46. The summed E-state index contributed by atoms with van der Waals surface area (Å²) in [7, 11) is 0. The third-order valence-corrected chi connectivity index (χ3v) is 6.33. The fourth-order valence-electron chi connectivity index (χ4n) is 2.73. The van der Waals surface area contributed by atoms with Crippen LogP contribution in [0.5, 0.6) is 0 Å². The Morgan fingerprint density at radius 1 is 1.19 bits per heavy atom. The zero-order chi connectivity index (χ0) is 19.6. The fraction of sp³-hybridized carbons (Fsp3) is 0.200. The standard InChI is InChI=1S/C20H18Cl2N2OS2/c1-12-8-13(2)19(18(22)9-12)24(14(3)25)20-23-16(11-27-20)10-26-17-6-4-15(21)5-7-17/h4-9,11H,10H2,1-3H3. The van der Waals surface area contributed by atoms with Gasteiger partial charge in [-0.25, -0.2) is 4.98 Å². The van der Waals surface area contributed by atoms with E-state index >= 15 is 0 Å². The Balaban J connectivity index is 1.84. The molecule has 7 heteroatoms. The molecule has 27 heavy (non-hydrogen) atoms. The second-order valence-electron chi connectivity index (χ2n) is 6.13. The van der Waals surface area contributed by atoms with Gasteiger partial charge < -0.3 is 0 Å². The number of carbonyl (C=O) groups is 1. The number of hydrogen-bond donors (Lipinski definition) is 0. The second-order valence-corrected chi connectivity index (χ2v) is 8.86. The Bertz CT molecular complexity index is 947. The molecule has 3 aromatic rings. The van der Waals surface area contributed by atoms with E-state index in [4.69, 9.17) is 23.2 Å². The van der Waals surface area contributed by atoms with Crippen molar-refractivity contribution in [1.29, 1.82) is 0 Å². The van der Waals surface area contributed by atoms with Gasteiger partial charge in [0.15, 0.2) is 5.13 Å². The van der Waals surface area contributed by atoms with Gasteiger partial charge in [0.25, 0.3) is 0 Å². The zero-order valence-corrected chi connectivity index (χ0v) is 18.3. The number of halogens is 2. The minimum Gasteiger partial charge on any atom is -0.274 e. The van der Waals surface area contributed by atoms with Crippen LogP contribution in [0, 0.1) is 13.8 Å². The van der Waals surface area contributed by atoms with Crippen molar-refractivity contribution in [3.8, 4) is 0 Å². The number of carbonyl (C=O) groups excluding carboxylic acids is 1. The van der Waals surface area contributed by atoms with E-state index in [1.807, 2.05) is 55.6 Å². The minimum absolute atomic E-state index is 0.116. The first-order valence-corrected chi connectivity index (χ1v) is 10.9. The maximum Gasteiger partial charge on any atom is 0.230 e. The zero-order valence-electron chi connectivity index (χ0n) is 15.1. The molecule has 0 unspecified atom stereocenters. The van der Waals surface area contributed by atoms with Crippen LogP contribution in [0.3, 0.4) is 0 Å². The van der Waals surface area contributed by atoms with E-state index in [0.29, 0.717) is 21.6 Å². The van der Waals surface area contributed by atoms with Gasteiger partial charge in [-0.15, -0.1) is 23.1 Å². The first-order valence-electron chi connectivity index (χ1n) is 8.25. The number of anilines is 2. The summed E-state index contributed by atoms with van der Waals surface area (Å²) in [5.41, 5.74) is 3.62. The van der Waals surface area contributed by atoms with E-state index < -0.39 is 0 Å². The Labute approximate surface area is 177 Å². The van der Waals surface area contributed by atoms with Crippen LogP contribution in [0.2, 0.25) is 10.0 Å². The van der Waals surface area contributed by atoms with Crippen molar-refractivity contribution in [2.24, 2.45) is 0 Å². The summed E-state index contributed by atoms with van der Waals surface area (Å²) in [6, 6.07) is 11.6. The van der Waals surface area contributed by atoms with Gasteiger partial charge in [-0.05, 0) is 55.3 Å². The summed E-state index contributed by atoms with van der Waals surface area (Å²) in [5, 5.41) is 3.88. The highest BCUT2D eigenvalue weighted by molar-refractivity contribution is 7.98. The maximum atomic E-state index is 12.4. The number of hydrogen-bond acceptors (Lipinski definition) is 4. The number of rotatable bonds is 5. The lowest BCUT2D eigenvalue weighted by Gasteiger charge is -2.22. The quantitative estimate of drug-likeness (QED) is 0.401. The van der Waals surface area contributed by atoms with Gasteiger partial charge in [0.05, 0.1) is 16.4 Å². The van der Waals surface area contributed by atoms with Gasteiger partial charge in [-0.2, -0.15) is 0 Å². The first kappa shape index (κ1) is 20.2. The highest BCUT2D eigenvalue weighted by atomic mass is 35.5. The highest BCUT2D eigenvalue weighted by Crippen LogP contribution is 2.38. The van der Waals surface area contributed by atoms with E-state index in [-0.39, 0.29) is 5.91 Å². The van der Waals surface area contributed by atoms with E-state index in [0.717, 1.165) is 26.7 Å². The van der Waals surface area contributed by atoms with Gasteiger partial charge >= 0.3 is 0 Å². The number of amides is 1. The van der Waals surface area contributed by atoms with Crippen molar-refractivity contribution in [3.05, 3.63) is 68.6 Å². The Morgan fingerprint density at radius 3 is 2.52 bits per heavy atom. The average molecular weight is 437 g/mol. The Morgan fingerprint density at radius 2 is 1.89 bits per heavy atom. The van der Waals surface area contributed by atoms with Crippen LogP contribution in [0.25, 0.3) is 0 Å². The molecule has 0 aliphatic rings. The SMILES string of the molecule is CC(=O)N(c1nc(CSc2ccc(Cl)cc2)cs1)c1c(C)cc(C)cc1Cl. The summed E-state index contributed by atoms with van der Waals surface area (Å²) in [4.78, 5) is 19.8. The van der Waals surface area contributed by atoms with Crippen LogP contribution in [0.1, 0.15) is 23.7 Å². The molecule has 140 valence electrons. The van der Waals surface area contributed by atoms with E-state index in [2.05, 4.69) is 4.98 Å². The normalized spacial score (nSPS) is 10.9. The smallest absolute Gasteiger partial charge is 0.230 e. The van der Waals surface area contributed by atoms with Gasteiger partial charge in [-0.3, -0.25) is 9.69 Å². The van der Waals surface area contributed by atoms with E-state index in [1.165, 1.54) is 18.3 Å². The monoisotopic (exact) mass is 436 g/mol. The van der Waals surface area contributed by atoms with E-state index in [1.54, 1.807) is 16.7 Å². The molecule has 0 N–H and O–H groups in total. The minimum atomic E-state index is -0.116. The summed E-state index contributed by atoms with van der Waals surface area (Å²) < 4.78 is 0. The second kappa shape index (κ2) is 8.65. The van der Waals surface area contributed by atoms with Crippen LogP contribution >= 0.6 is 46.3 Å². The highest BCUT2D eigenvalue weighted by Gasteiger charge is 2.22. The van der Waals surface area contributed by atoms with Crippen LogP contribution in [-0.2, 0) is 10.5 Å². The molecule has 2 aromatic carbocycles. The van der Waals surface area contributed by atoms with Gasteiger partial charge in [0, 0.05) is 28.0 Å². The largest absolute Gasteiger partial charge is 0.274 e. The molecule has 0 aliphatic carbocycles. The predicted molar refractivity (Wildman–Crippen MR) is 117 cm³/mol. The van der Waals surface area contributed by atoms with Gasteiger partial charge in [0.2, 0.25) is 5.91 Å². The van der Waals surface area contributed by atoms with Gasteiger partial charge in [0.1, 0.15) is 0 Å². The molecule has 0 aliphatic heterocycles. The number of nitrogens with zero attached hydrogens (tertiary/aromatic N) is 2. The van der Waals surface area contributed by atoms with Crippen LogP contribution < -0.4 is 4.90 Å². The van der Waals surface area contributed by atoms with Crippen molar-refractivity contribution in [1.82, 2.24) is 4.98 Å². The molecular weight excluding hydrogens is 419 g/mol. The van der Waals surface area contributed by atoms with E-state index in [9.17, 15) is 4.79 Å². The molecule has 0 atom stereocenters. The van der Waals surface area contributed by atoms with Crippen molar-refractivity contribution < 1.29 is 4.79 Å². The summed E-state index contributed by atoms with van der Waals surface area (Å²) >= 11 is 15.5. The summed E-state index contributed by atoms with van der Waals surface area (Å²) in [6.07, 6.45) is 0. The molecule has 1 heterocycles. The van der Waals surface area contributed by atoms with Crippen LogP contribution in [0.15, 0.2) is 46.7 Å². The molecule has 3 nitrogen and oxygen atoms in total. The number of benzene rings is 2. The predicted octanol–water partition coefficient (Wildman–Crippen LogP) is 7.04. The lowest BCUT2D eigenvalue weighted by Crippen LogP contribution is -2.24. The lowest BCUT2D eigenvalue weighted by molar-refractivity contribution is -0.115. The topological polar surface area (TPSA) is 33.2 Å². The molecule has 3 rings (SSSR count). The van der Waals surface area contributed by atoms with Crippen molar-refractivity contribution in [2.45, 2.75) is 31.4 Å². The van der Waals surface area contributed by atoms with Crippen molar-refractivity contribution in [3.63, 3.8) is 0 Å². The molecule has 0 fully saturated rings. The van der Waals surface area contributed by atoms with Crippen molar-refractivity contribution >= 4 is 63.0 Å². The van der Waals surface area contributed by atoms with Crippen LogP contribution in [0.4, 0.5) is 10.8 Å². The third kappa shape index (κ3) is 4.85. The fourth-order valence-corrected chi connectivity index (χ4v) is 5.03. The molecule has 1 amide bonds. The summed E-state index contributed by atoms with van der Waals surface area (Å²) in [5.74, 6) is 0.597. The maximum absolute atomic E-state index is 12.4. The number of thioether (sulfide) groups is 1. The molecule has 0 bridgehead atoms. The molecule has 1 aromatic heterocycles. The Hall–Kier alpha value is -1.53. The molecular formula is C20H18Cl2N2OS2. The molecule has 0 saturated carbocycles. The number of aromatic nitrogens is 1. The Kier molecular flexibility index (Phi) is 6.48. The number of thiazole rings is 1. The molecule has 0 saturated heterocycles. The van der Waals surface area contributed by atoms with Crippen molar-refractivity contribution in [2.75, 3.05) is 4.90 Å². The third-order valence-electron chi connectivity index (χ3n) is 3.87. The average Bonchev–Trinajstić information content (AvgIpc) is 3.05. The molecule has 0 radical (unpaired) electrons.